The van der Waals surface area contributed by atoms with Gasteiger partial charge < -0.3 is 14.2 Å². The summed E-state index contributed by atoms with van der Waals surface area (Å²) in [6.07, 6.45) is 2.37. The lowest BCUT2D eigenvalue weighted by molar-refractivity contribution is -0.0168. The number of hydrogen-bond donors (Lipinski definition) is 0. The van der Waals surface area contributed by atoms with Crippen molar-refractivity contribution in [3.05, 3.63) is 53.3 Å². The molecule has 2 unspecified atom stereocenters. The van der Waals surface area contributed by atoms with Gasteiger partial charge in [0.05, 0.1) is 19.3 Å². The van der Waals surface area contributed by atoms with Gasteiger partial charge >= 0.3 is 0 Å². The molecule has 0 aliphatic carbocycles. The Hall–Kier alpha value is -2.05. The first-order chi connectivity index (χ1) is 14.0. The fourth-order valence-electron chi connectivity index (χ4n) is 3.70. The van der Waals surface area contributed by atoms with Crippen molar-refractivity contribution < 1.29 is 27.4 Å². The summed E-state index contributed by atoms with van der Waals surface area (Å²) in [7, 11) is 0. The van der Waals surface area contributed by atoms with Crippen molar-refractivity contribution in [3.63, 3.8) is 0 Å². The van der Waals surface area contributed by atoms with Crippen molar-refractivity contribution in [2.45, 2.75) is 45.1 Å². The predicted octanol–water partition coefficient (Wildman–Crippen LogP) is 5.86. The summed E-state index contributed by atoms with van der Waals surface area (Å²) < 4.78 is 60.4. The van der Waals surface area contributed by atoms with E-state index < -0.39 is 17.5 Å². The van der Waals surface area contributed by atoms with Crippen molar-refractivity contribution in [1.29, 1.82) is 0 Å². The first-order valence-corrected chi connectivity index (χ1v) is 10.1. The highest BCUT2D eigenvalue weighted by atomic mass is 19.2. The topological polar surface area (TPSA) is 27.7 Å². The third-order valence-corrected chi connectivity index (χ3v) is 5.25. The van der Waals surface area contributed by atoms with Crippen LogP contribution in [0.2, 0.25) is 0 Å². The quantitative estimate of drug-likeness (QED) is 0.512. The lowest BCUT2D eigenvalue weighted by Crippen LogP contribution is -2.26. The highest BCUT2D eigenvalue weighted by Gasteiger charge is 2.27. The second-order valence-corrected chi connectivity index (χ2v) is 7.12. The minimum absolute atomic E-state index is 0.00675. The molecular formula is C23H27F3O3. The van der Waals surface area contributed by atoms with Crippen LogP contribution in [0.5, 0.6) is 5.75 Å². The van der Waals surface area contributed by atoms with Crippen LogP contribution < -0.4 is 4.74 Å². The molecule has 158 valence electrons. The Kier molecular flexibility index (Phi) is 7.56. The average Bonchev–Trinajstić information content (AvgIpc) is 2.72. The molecule has 0 saturated carbocycles. The molecule has 0 bridgehead atoms. The van der Waals surface area contributed by atoms with Crippen LogP contribution in [0, 0.1) is 17.5 Å². The zero-order valence-corrected chi connectivity index (χ0v) is 16.8. The Labute approximate surface area is 169 Å². The molecule has 2 atom stereocenters. The largest absolute Gasteiger partial charge is 0.494 e. The van der Waals surface area contributed by atoms with E-state index in [9.17, 15) is 13.2 Å². The third kappa shape index (κ3) is 5.11. The Morgan fingerprint density at radius 3 is 2.41 bits per heavy atom. The van der Waals surface area contributed by atoms with Crippen molar-refractivity contribution in [3.8, 4) is 16.9 Å². The molecule has 2 aromatic carbocycles. The first-order valence-electron chi connectivity index (χ1n) is 10.1. The number of benzene rings is 2. The highest BCUT2D eigenvalue weighted by Crippen LogP contribution is 2.36. The van der Waals surface area contributed by atoms with Gasteiger partial charge in [0.1, 0.15) is 11.6 Å². The maximum absolute atomic E-state index is 14.8. The number of halogens is 3. The van der Waals surface area contributed by atoms with Crippen LogP contribution in [0.3, 0.4) is 0 Å². The van der Waals surface area contributed by atoms with Gasteiger partial charge in [-0.15, -0.1) is 0 Å². The fraction of sp³-hybridized carbons (Fsp3) is 0.478. The van der Waals surface area contributed by atoms with Gasteiger partial charge in [-0.05, 0) is 50.8 Å². The van der Waals surface area contributed by atoms with Crippen molar-refractivity contribution >= 4 is 0 Å². The molecule has 3 nitrogen and oxygen atoms in total. The molecule has 2 aromatic rings. The van der Waals surface area contributed by atoms with E-state index in [1.807, 2.05) is 6.92 Å². The molecule has 1 saturated heterocycles. The Morgan fingerprint density at radius 2 is 1.76 bits per heavy atom. The number of rotatable bonds is 8. The van der Waals surface area contributed by atoms with Crippen LogP contribution >= 0.6 is 0 Å². The van der Waals surface area contributed by atoms with Crippen LogP contribution in [0.15, 0.2) is 30.3 Å². The molecule has 0 N–H and O–H groups in total. The molecule has 0 amide bonds. The van der Waals surface area contributed by atoms with Gasteiger partial charge in [0.25, 0.3) is 0 Å². The Morgan fingerprint density at radius 1 is 0.966 bits per heavy atom. The summed E-state index contributed by atoms with van der Waals surface area (Å²) in [4.78, 5) is 0. The summed E-state index contributed by atoms with van der Waals surface area (Å²) in [5.41, 5.74) is 0.186. The SMILES string of the molecule is CCOCCC1CCC(c2ccc(-c3ccc(OCC)cc3F)c(F)c2F)CO1. The van der Waals surface area contributed by atoms with E-state index in [2.05, 4.69) is 0 Å². The van der Waals surface area contributed by atoms with Crippen molar-refractivity contribution in [2.24, 2.45) is 0 Å². The summed E-state index contributed by atoms with van der Waals surface area (Å²) in [6.45, 7) is 5.77. The zero-order valence-electron chi connectivity index (χ0n) is 16.8. The first kappa shape index (κ1) is 21.7. The van der Waals surface area contributed by atoms with Gasteiger partial charge in [-0.2, -0.15) is 0 Å². The van der Waals surface area contributed by atoms with E-state index in [0.717, 1.165) is 12.8 Å². The van der Waals surface area contributed by atoms with Gasteiger partial charge in [-0.3, -0.25) is 0 Å². The summed E-state index contributed by atoms with van der Waals surface area (Å²) >= 11 is 0. The van der Waals surface area contributed by atoms with Crippen LogP contribution in [0.25, 0.3) is 11.1 Å². The Balaban J connectivity index is 1.74. The monoisotopic (exact) mass is 408 g/mol. The fourth-order valence-corrected chi connectivity index (χ4v) is 3.70. The second-order valence-electron chi connectivity index (χ2n) is 7.12. The average molecular weight is 408 g/mol. The lowest BCUT2D eigenvalue weighted by atomic mass is 9.89. The molecule has 3 rings (SSSR count). The maximum atomic E-state index is 14.8. The van der Waals surface area contributed by atoms with E-state index in [4.69, 9.17) is 14.2 Å². The number of hydrogen-bond acceptors (Lipinski definition) is 3. The zero-order chi connectivity index (χ0) is 20.8. The lowest BCUT2D eigenvalue weighted by Gasteiger charge is -2.29. The van der Waals surface area contributed by atoms with Crippen LogP contribution in [0.1, 0.15) is 44.6 Å². The molecule has 6 heteroatoms. The van der Waals surface area contributed by atoms with Crippen LogP contribution in [-0.4, -0.2) is 32.5 Å². The molecule has 29 heavy (non-hydrogen) atoms. The van der Waals surface area contributed by atoms with Gasteiger partial charge in [0.15, 0.2) is 11.6 Å². The van der Waals surface area contributed by atoms with E-state index in [1.54, 1.807) is 13.0 Å². The maximum Gasteiger partial charge on any atom is 0.167 e. The van der Waals surface area contributed by atoms with Crippen molar-refractivity contribution in [2.75, 3.05) is 26.4 Å². The third-order valence-electron chi connectivity index (χ3n) is 5.25. The molecule has 0 spiro atoms. The smallest absolute Gasteiger partial charge is 0.167 e. The normalized spacial score (nSPS) is 19.3. The van der Waals surface area contributed by atoms with E-state index in [0.29, 0.717) is 38.6 Å². The minimum Gasteiger partial charge on any atom is -0.494 e. The predicted molar refractivity (Wildman–Crippen MR) is 106 cm³/mol. The Bertz CT molecular complexity index is 817. The highest BCUT2D eigenvalue weighted by molar-refractivity contribution is 5.66. The minimum atomic E-state index is -1.04. The van der Waals surface area contributed by atoms with Crippen molar-refractivity contribution in [1.82, 2.24) is 0 Å². The van der Waals surface area contributed by atoms with E-state index >= 15 is 0 Å². The molecule has 0 radical (unpaired) electrons. The van der Waals surface area contributed by atoms with Crippen LogP contribution in [-0.2, 0) is 9.47 Å². The van der Waals surface area contributed by atoms with E-state index in [1.165, 1.54) is 24.3 Å². The van der Waals surface area contributed by atoms with Crippen LogP contribution in [0.4, 0.5) is 13.2 Å². The summed E-state index contributed by atoms with van der Waals surface area (Å²) in [6, 6.07) is 7.11. The summed E-state index contributed by atoms with van der Waals surface area (Å²) in [5.74, 6) is -2.49. The molecule has 1 fully saturated rings. The molecule has 1 aliphatic rings. The second kappa shape index (κ2) is 10.1. The molecule has 1 heterocycles. The van der Waals surface area contributed by atoms with E-state index in [-0.39, 0.29) is 28.7 Å². The molecular weight excluding hydrogens is 381 g/mol. The molecule has 1 aliphatic heterocycles. The molecule has 0 aromatic heterocycles. The van der Waals surface area contributed by atoms with Gasteiger partial charge in [0, 0.05) is 36.3 Å². The number of ether oxygens (including phenoxy) is 3. The summed E-state index contributed by atoms with van der Waals surface area (Å²) in [5, 5.41) is 0. The van der Waals surface area contributed by atoms with Gasteiger partial charge in [-0.1, -0.05) is 12.1 Å². The standard InChI is InChI=1S/C23H27F3O3/c1-3-27-12-11-16-6-5-15(14-29-16)18-9-10-20(23(26)22(18)25)19-8-7-17(28-4-2)13-21(19)24/h7-10,13,15-16H,3-6,11-12,14H2,1-2H3. The van der Waals surface area contributed by atoms with Gasteiger partial charge in [-0.25, -0.2) is 13.2 Å². The van der Waals surface area contributed by atoms with Gasteiger partial charge in [0.2, 0.25) is 0 Å².